The first-order valence-corrected chi connectivity index (χ1v) is 8.46. The van der Waals surface area contributed by atoms with Crippen molar-refractivity contribution in [2.45, 2.75) is 42.1 Å². The predicted molar refractivity (Wildman–Crippen MR) is 79.4 cm³/mol. The molecule has 1 aliphatic rings. The smallest absolute Gasteiger partial charge is 0.243 e. The molecule has 108 valence electrons. The number of hydrogen-bond donors (Lipinski definition) is 1. The van der Waals surface area contributed by atoms with Gasteiger partial charge in [-0.25, -0.2) is 0 Å². The fourth-order valence-electron chi connectivity index (χ4n) is 1.82. The highest BCUT2D eigenvalue weighted by atomic mass is 32.2. The Balaban J connectivity index is 1.97. The Morgan fingerprint density at radius 2 is 2.26 bits per heavy atom. The fourth-order valence-corrected chi connectivity index (χ4v) is 4.65. The van der Waals surface area contributed by atoms with Gasteiger partial charge in [0.2, 0.25) is 5.89 Å². The van der Waals surface area contributed by atoms with E-state index >= 15 is 0 Å². The van der Waals surface area contributed by atoms with Crippen LogP contribution in [-0.4, -0.2) is 40.1 Å². The SMILES string of the molecule is COCCC(N)c1nc(C2CSC(C)C(C)S2)no1. The number of aromatic nitrogens is 2. The van der Waals surface area contributed by atoms with Crippen molar-refractivity contribution in [2.24, 2.45) is 5.73 Å². The number of rotatable bonds is 5. The van der Waals surface area contributed by atoms with Crippen LogP contribution in [0.2, 0.25) is 0 Å². The molecule has 1 fully saturated rings. The molecule has 1 saturated heterocycles. The highest BCUT2D eigenvalue weighted by molar-refractivity contribution is 8.07. The average molecular weight is 303 g/mol. The van der Waals surface area contributed by atoms with Crippen LogP contribution < -0.4 is 5.73 Å². The minimum atomic E-state index is -0.237. The maximum absolute atomic E-state index is 5.99. The van der Waals surface area contributed by atoms with Crippen LogP contribution in [0.25, 0.3) is 0 Å². The topological polar surface area (TPSA) is 74.2 Å². The summed E-state index contributed by atoms with van der Waals surface area (Å²) in [5, 5.41) is 5.68. The van der Waals surface area contributed by atoms with E-state index in [9.17, 15) is 0 Å². The van der Waals surface area contributed by atoms with E-state index in [1.807, 2.05) is 23.5 Å². The molecule has 0 saturated carbocycles. The van der Waals surface area contributed by atoms with E-state index < -0.39 is 0 Å². The van der Waals surface area contributed by atoms with Gasteiger partial charge in [-0.3, -0.25) is 0 Å². The van der Waals surface area contributed by atoms with Gasteiger partial charge in [0, 0.05) is 30.0 Å². The van der Waals surface area contributed by atoms with Crippen LogP contribution in [0.3, 0.4) is 0 Å². The molecule has 0 aromatic carbocycles. The normalized spacial score (nSPS) is 29.4. The Labute approximate surface area is 122 Å². The van der Waals surface area contributed by atoms with E-state index in [0.717, 1.165) is 11.6 Å². The first kappa shape index (κ1) is 15.2. The van der Waals surface area contributed by atoms with Crippen LogP contribution in [0.1, 0.15) is 43.3 Å². The molecule has 1 aromatic heterocycles. The first-order chi connectivity index (χ1) is 9.11. The Morgan fingerprint density at radius 1 is 1.47 bits per heavy atom. The van der Waals surface area contributed by atoms with E-state index in [-0.39, 0.29) is 6.04 Å². The second-order valence-corrected chi connectivity index (χ2v) is 7.74. The Kier molecular flexibility index (Phi) is 5.56. The lowest BCUT2D eigenvalue weighted by Gasteiger charge is -2.29. The highest BCUT2D eigenvalue weighted by Crippen LogP contribution is 2.43. The molecule has 4 unspecified atom stereocenters. The molecule has 0 amide bonds. The molecule has 1 aromatic rings. The van der Waals surface area contributed by atoms with Gasteiger partial charge in [-0.05, 0) is 6.42 Å². The first-order valence-electron chi connectivity index (χ1n) is 6.47. The van der Waals surface area contributed by atoms with Gasteiger partial charge >= 0.3 is 0 Å². The number of ether oxygens (including phenoxy) is 1. The van der Waals surface area contributed by atoms with E-state index in [1.54, 1.807) is 7.11 Å². The van der Waals surface area contributed by atoms with Crippen molar-refractivity contribution < 1.29 is 9.26 Å². The van der Waals surface area contributed by atoms with Gasteiger partial charge in [0.25, 0.3) is 0 Å². The van der Waals surface area contributed by atoms with E-state index in [2.05, 4.69) is 24.0 Å². The van der Waals surface area contributed by atoms with E-state index in [4.69, 9.17) is 15.0 Å². The molecule has 0 bridgehead atoms. The third-order valence-electron chi connectivity index (χ3n) is 3.25. The molecule has 2 heterocycles. The Morgan fingerprint density at radius 3 is 2.95 bits per heavy atom. The van der Waals surface area contributed by atoms with Crippen LogP contribution in [0, 0.1) is 0 Å². The zero-order valence-corrected chi connectivity index (χ0v) is 13.2. The maximum atomic E-state index is 5.99. The molecule has 1 aliphatic heterocycles. The van der Waals surface area contributed by atoms with Crippen LogP contribution in [0.4, 0.5) is 0 Å². The summed E-state index contributed by atoms with van der Waals surface area (Å²) < 4.78 is 10.3. The third-order valence-corrected chi connectivity index (χ3v) is 6.63. The standard InChI is InChI=1S/C12H21N3O2S2/c1-7-8(2)19-10(6-18-7)11-14-12(17-15-11)9(13)4-5-16-3/h7-10H,4-6,13H2,1-3H3. The minimum Gasteiger partial charge on any atom is -0.385 e. The second-order valence-electron chi connectivity index (χ2n) is 4.75. The quantitative estimate of drug-likeness (QED) is 0.895. The number of methoxy groups -OCH3 is 1. The van der Waals surface area contributed by atoms with Gasteiger partial charge < -0.3 is 15.0 Å². The summed E-state index contributed by atoms with van der Waals surface area (Å²) in [7, 11) is 1.66. The van der Waals surface area contributed by atoms with Crippen molar-refractivity contribution in [3.63, 3.8) is 0 Å². The van der Waals surface area contributed by atoms with Crippen LogP contribution in [0.5, 0.6) is 0 Å². The van der Waals surface area contributed by atoms with Gasteiger partial charge in [-0.1, -0.05) is 19.0 Å². The van der Waals surface area contributed by atoms with Crippen molar-refractivity contribution >= 4 is 23.5 Å². The molecule has 2 N–H and O–H groups in total. The highest BCUT2D eigenvalue weighted by Gasteiger charge is 2.30. The van der Waals surface area contributed by atoms with Crippen molar-refractivity contribution in [1.82, 2.24) is 10.1 Å². The molecule has 0 radical (unpaired) electrons. The number of thioether (sulfide) groups is 2. The summed E-state index contributed by atoms with van der Waals surface area (Å²) in [6.07, 6.45) is 0.693. The zero-order valence-electron chi connectivity index (χ0n) is 11.5. The fraction of sp³-hybridized carbons (Fsp3) is 0.833. The monoisotopic (exact) mass is 303 g/mol. The van der Waals surface area contributed by atoms with E-state index in [1.165, 1.54) is 0 Å². The van der Waals surface area contributed by atoms with Gasteiger partial charge in [-0.15, -0.1) is 11.8 Å². The summed E-state index contributed by atoms with van der Waals surface area (Å²) in [5.74, 6) is 2.32. The molecule has 7 heteroatoms. The molecule has 2 rings (SSSR count). The van der Waals surface area contributed by atoms with Crippen LogP contribution in [-0.2, 0) is 4.74 Å². The van der Waals surface area contributed by atoms with Crippen LogP contribution >= 0.6 is 23.5 Å². The molecular weight excluding hydrogens is 282 g/mol. The molecule has 19 heavy (non-hydrogen) atoms. The van der Waals surface area contributed by atoms with Gasteiger partial charge in [0.1, 0.15) is 0 Å². The van der Waals surface area contributed by atoms with Crippen molar-refractivity contribution in [2.75, 3.05) is 19.5 Å². The molecule has 4 atom stereocenters. The van der Waals surface area contributed by atoms with Crippen molar-refractivity contribution in [3.05, 3.63) is 11.7 Å². The third kappa shape index (κ3) is 3.87. The lowest BCUT2D eigenvalue weighted by atomic mass is 10.2. The Hall–Kier alpha value is -0.240. The largest absolute Gasteiger partial charge is 0.385 e. The maximum Gasteiger partial charge on any atom is 0.243 e. The number of nitrogens with zero attached hydrogens (tertiary/aromatic N) is 2. The second kappa shape index (κ2) is 6.97. The summed E-state index contributed by atoms with van der Waals surface area (Å²) in [6.45, 7) is 5.11. The van der Waals surface area contributed by atoms with Gasteiger partial charge in [0.15, 0.2) is 5.82 Å². The summed E-state index contributed by atoms with van der Waals surface area (Å²) in [6, 6.07) is -0.237. The summed E-state index contributed by atoms with van der Waals surface area (Å²) >= 11 is 3.89. The molecular formula is C12H21N3O2S2. The molecule has 0 spiro atoms. The lowest BCUT2D eigenvalue weighted by molar-refractivity contribution is 0.182. The zero-order chi connectivity index (χ0) is 13.8. The van der Waals surface area contributed by atoms with Crippen molar-refractivity contribution in [3.8, 4) is 0 Å². The van der Waals surface area contributed by atoms with Gasteiger partial charge in [-0.2, -0.15) is 16.7 Å². The van der Waals surface area contributed by atoms with Crippen LogP contribution in [0.15, 0.2) is 4.52 Å². The average Bonchev–Trinajstić information content (AvgIpc) is 2.89. The molecule has 5 nitrogen and oxygen atoms in total. The molecule has 0 aliphatic carbocycles. The van der Waals surface area contributed by atoms with E-state index in [0.29, 0.717) is 34.7 Å². The lowest BCUT2D eigenvalue weighted by Crippen LogP contribution is -2.22. The predicted octanol–water partition coefficient (Wildman–Crippen LogP) is 2.40. The summed E-state index contributed by atoms with van der Waals surface area (Å²) in [5.41, 5.74) is 5.99. The number of hydrogen-bond acceptors (Lipinski definition) is 7. The van der Waals surface area contributed by atoms with Gasteiger partial charge in [0.05, 0.1) is 11.3 Å². The van der Waals surface area contributed by atoms with Crippen molar-refractivity contribution in [1.29, 1.82) is 0 Å². The number of nitrogens with two attached hydrogens (primary N) is 1. The summed E-state index contributed by atoms with van der Waals surface area (Å²) in [4.78, 5) is 4.45. The minimum absolute atomic E-state index is 0.237. The Bertz CT molecular complexity index is 402.